The van der Waals surface area contributed by atoms with Crippen LogP contribution < -0.4 is 15.4 Å². The first kappa shape index (κ1) is 19.6. The van der Waals surface area contributed by atoms with E-state index in [2.05, 4.69) is 37.7 Å². The summed E-state index contributed by atoms with van der Waals surface area (Å²) in [6.07, 6.45) is 0. The Morgan fingerprint density at radius 3 is 2.85 bits per heavy atom. The molecule has 0 spiro atoms. The predicted octanol–water partition coefficient (Wildman–Crippen LogP) is 2.94. The Hall–Kier alpha value is -2.20. The summed E-state index contributed by atoms with van der Waals surface area (Å²) < 4.78 is 10.6. The maximum atomic E-state index is 5.43. The Balaban J connectivity index is 0.00000210. The van der Waals surface area contributed by atoms with E-state index in [1.807, 2.05) is 29.6 Å². The van der Waals surface area contributed by atoms with Crippen LogP contribution in [0.1, 0.15) is 11.9 Å². The second kappa shape index (κ2) is 8.66. The van der Waals surface area contributed by atoms with Gasteiger partial charge in [0.1, 0.15) is 11.4 Å². The molecule has 0 amide bonds. The Morgan fingerprint density at radius 2 is 2.11 bits per heavy atom. The van der Waals surface area contributed by atoms with Crippen LogP contribution in [0, 0.1) is 0 Å². The summed E-state index contributed by atoms with van der Waals surface area (Å²) >= 11 is 1.49. The number of benzene rings is 1. The molecule has 0 saturated carbocycles. The number of halogens is 1. The third-order valence-electron chi connectivity index (χ3n) is 4.32. The smallest absolute Gasteiger partial charge is 0.277 e. The number of methoxy groups -OCH3 is 1. The molecule has 3 heterocycles. The zero-order valence-electron chi connectivity index (χ0n) is 15.0. The summed E-state index contributed by atoms with van der Waals surface area (Å²) in [7, 11) is 3.72. The SMILES string of the molecule is COc1ccc(Nc2nc(-c3nc(C4CNCCN4C)no3)cs2)cc1.Cl. The zero-order chi connectivity index (χ0) is 17.9. The number of nitrogens with zero attached hydrogens (tertiary/aromatic N) is 4. The average molecular weight is 409 g/mol. The van der Waals surface area contributed by atoms with Crippen molar-refractivity contribution in [2.24, 2.45) is 0 Å². The summed E-state index contributed by atoms with van der Waals surface area (Å²) in [6.45, 7) is 2.75. The van der Waals surface area contributed by atoms with Crippen molar-refractivity contribution in [1.29, 1.82) is 0 Å². The fourth-order valence-electron chi connectivity index (χ4n) is 2.80. The highest BCUT2D eigenvalue weighted by Gasteiger charge is 2.26. The van der Waals surface area contributed by atoms with Gasteiger partial charge < -0.3 is 19.9 Å². The normalized spacial score (nSPS) is 17.3. The summed E-state index contributed by atoms with van der Waals surface area (Å²) in [5.74, 6) is 1.95. The van der Waals surface area contributed by atoms with E-state index in [9.17, 15) is 0 Å². The second-order valence-electron chi connectivity index (χ2n) is 6.05. The van der Waals surface area contributed by atoms with Gasteiger partial charge in [-0.25, -0.2) is 4.98 Å². The summed E-state index contributed by atoms with van der Waals surface area (Å²) in [4.78, 5) is 11.3. The minimum atomic E-state index is 0. The minimum absolute atomic E-state index is 0. The maximum absolute atomic E-state index is 5.43. The number of anilines is 2. The van der Waals surface area contributed by atoms with Crippen LogP contribution in [0.4, 0.5) is 10.8 Å². The molecule has 4 rings (SSSR count). The largest absolute Gasteiger partial charge is 0.497 e. The number of likely N-dealkylation sites (N-methyl/N-ethyl adjacent to an activating group) is 1. The molecule has 1 aromatic carbocycles. The number of piperazine rings is 1. The third kappa shape index (κ3) is 4.38. The molecule has 1 aliphatic rings. The average Bonchev–Trinajstić information content (AvgIpc) is 3.32. The van der Waals surface area contributed by atoms with E-state index in [-0.39, 0.29) is 18.4 Å². The fraction of sp³-hybridized carbons (Fsp3) is 0.353. The van der Waals surface area contributed by atoms with Gasteiger partial charge in [-0.05, 0) is 31.3 Å². The van der Waals surface area contributed by atoms with Gasteiger partial charge in [0.2, 0.25) is 0 Å². The van der Waals surface area contributed by atoms with E-state index in [0.29, 0.717) is 17.4 Å². The number of nitrogens with one attached hydrogen (secondary N) is 2. The summed E-state index contributed by atoms with van der Waals surface area (Å²) in [5, 5.41) is 13.4. The van der Waals surface area contributed by atoms with Gasteiger partial charge in [-0.2, -0.15) is 4.98 Å². The van der Waals surface area contributed by atoms with Crippen molar-refractivity contribution in [1.82, 2.24) is 25.3 Å². The molecule has 0 radical (unpaired) electrons. The molecule has 1 aliphatic heterocycles. The van der Waals surface area contributed by atoms with Gasteiger partial charge in [0.05, 0.1) is 13.2 Å². The molecule has 1 unspecified atom stereocenters. The van der Waals surface area contributed by atoms with Crippen molar-refractivity contribution in [3.05, 3.63) is 35.5 Å². The van der Waals surface area contributed by atoms with E-state index < -0.39 is 0 Å². The lowest BCUT2D eigenvalue weighted by Crippen LogP contribution is -2.44. The third-order valence-corrected chi connectivity index (χ3v) is 5.07. The number of aromatic nitrogens is 3. The minimum Gasteiger partial charge on any atom is -0.497 e. The van der Waals surface area contributed by atoms with Crippen LogP contribution in [-0.2, 0) is 0 Å². The molecule has 8 nitrogen and oxygen atoms in total. The lowest BCUT2D eigenvalue weighted by molar-refractivity contribution is 0.190. The van der Waals surface area contributed by atoms with Crippen LogP contribution in [0.5, 0.6) is 5.75 Å². The van der Waals surface area contributed by atoms with Gasteiger partial charge in [0.25, 0.3) is 5.89 Å². The number of ether oxygens (including phenoxy) is 1. The Labute approximate surface area is 167 Å². The van der Waals surface area contributed by atoms with Crippen LogP contribution in [0.15, 0.2) is 34.2 Å². The standard InChI is InChI=1S/C17H20N6O2S.ClH/c1-23-8-7-18-9-14(23)15-21-16(25-22-15)13-10-26-17(20-13)19-11-3-5-12(24-2)6-4-11;/h3-6,10,14,18H,7-9H2,1-2H3,(H,19,20);1H. The van der Waals surface area contributed by atoms with Crippen molar-refractivity contribution in [2.45, 2.75) is 6.04 Å². The first-order chi connectivity index (χ1) is 12.7. The highest BCUT2D eigenvalue weighted by atomic mass is 35.5. The topological polar surface area (TPSA) is 88.3 Å². The van der Waals surface area contributed by atoms with Gasteiger partial charge >= 0.3 is 0 Å². The van der Waals surface area contributed by atoms with Gasteiger partial charge in [-0.15, -0.1) is 23.7 Å². The molecule has 1 saturated heterocycles. The second-order valence-corrected chi connectivity index (χ2v) is 6.91. The lowest BCUT2D eigenvalue weighted by Gasteiger charge is -2.30. The molecule has 27 heavy (non-hydrogen) atoms. The maximum Gasteiger partial charge on any atom is 0.277 e. The van der Waals surface area contributed by atoms with E-state index >= 15 is 0 Å². The fourth-order valence-corrected chi connectivity index (χ4v) is 3.50. The van der Waals surface area contributed by atoms with E-state index in [1.165, 1.54) is 11.3 Å². The quantitative estimate of drug-likeness (QED) is 0.666. The molecule has 2 N–H and O–H groups in total. The van der Waals surface area contributed by atoms with Gasteiger partial charge in [-0.1, -0.05) is 5.16 Å². The highest BCUT2D eigenvalue weighted by molar-refractivity contribution is 7.14. The monoisotopic (exact) mass is 408 g/mol. The molecule has 2 aromatic heterocycles. The van der Waals surface area contributed by atoms with Crippen molar-refractivity contribution in [3.8, 4) is 17.3 Å². The number of thiazole rings is 1. The molecule has 1 atom stereocenters. The Morgan fingerprint density at radius 1 is 1.30 bits per heavy atom. The van der Waals surface area contributed by atoms with Crippen molar-refractivity contribution >= 4 is 34.6 Å². The van der Waals surface area contributed by atoms with Crippen molar-refractivity contribution in [3.63, 3.8) is 0 Å². The molecular formula is C17H21ClN6O2S. The van der Waals surface area contributed by atoms with Gasteiger partial charge in [0.15, 0.2) is 11.0 Å². The highest BCUT2D eigenvalue weighted by Crippen LogP contribution is 2.28. The molecule has 0 bridgehead atoms. The molecular weight excluding hydrogens is 388 g/mol. The molecule has 10 heteroatoms. The number of hydrogen-bond acceptors (Lipinski definition) is 9. The molecule has 1 fully saturated rings. The van der Waals surface area contributed by atoms with Crippen LogP contribution >= 0.6 is 23.7 Å². The van der Waals surface area contributed by atoms with Crippen molar-refractivity contribution < 1.29 is 9.26 Å². The van der Waals surface area contributed by atoms with Crippen molar-refractivity contribution in [2.75, 3.05) is 39.1 Å². The summed E-state index contributed by atoms with van der Waals surface area (Å²) in [6, 6.07) is 7.80. The molecule has 0 aliphatic carbocycles. The predicted molar refractivity (Wildman–Crippen MR) is 107 cm³/mol. The van der Waals surface area contributed by atoms with Crippen LogP contribution in [0.25, 0.3) is 11.6 Å². The summed E-state index contributed by atoms with van der Waals surface area (Å²) in [5.41, 5.74) is 1.61. The molecule has 144 valence electrons. The zero-order valence-corrected chi connectivity index (χ0v) is 16.6. The Kier molecular flexibility index (Phi) is 6.27. The van der Waals surface area contributed by atoms with Crippen LogP contribution in [-0.4, -0.2) is 53.8 Å². The Bertz CT molecular complexity index is 868. The lowest BCUT2D eigenvalue weighted by atomic mass is 10.2. The first-order valence-corrected chi connectivity index (χ1v) is 9.22. The van der Waals surface area contributed by atoms with E-state index in [4.69, 9.17) is 9.26 Å². The van der Waals surface area contributed by atoms with E-state index in [0.717, 1.165) is 36.2 Å². The molecule has 3 aromatic rings. The van der Waals surface area contributed by atoms with Crippen LogP contribution in [0.3, 0.4) is 0 Å². The number of rotatable bonds is 5. The van der Waals surface area contributed by atoms with E-state index in [1.54, 1.807) is 7.11 Å². The van der Waals surface area contributed by atoms with Crippen LogP contribution in [0.2, 0.25) is 0 Å². The van der Waals surface area contributed by atoms with Gasteiger partial charge in [0, 0.05) is 30.7 Å². The van der Waals surface area contributed by atoms with Gasteiger partial charge in [-0.3, -0.25) is 4.90 Å². The number of hydrogen-bond donors (Lipinski definition) is 2. The first-order valence-electron chi connectivity index (χ1n) is 8.34.